The van der Waals surface area contributed by atoms with Crippen LogP contribution in [0.5, 0.6) is 11.8 Å². The summed E-state index contributed by atoms with van der Waals surface area (Å²) < 4.78 is 25.6. The summed E-state index contributed by atoms with van der Waals surface area (Å²) in [4.78, 5) is 8.38. The highest BCUT2D eigenvalue weighted by molar-refractivity contribution is 5.27. The van der Waals surface area contributed by atoms with Crippen LogP contribution in [0.3, 0.4) is 0 Å². The summed E-state index contributed by atoms with van der Waals surface area (Å²) >= 11 is 0. The highest BCUT2D eigenvalue weighted by Gasteiger charge is 2.33. The van der Waals surface area contributed by atoms with Crippen LogP contribution in [0.4, 0.5) is 4.39 Å². The number of H-pyrrole nitrogens is 1. The van der Waals surface area contributed by atoms with E-state index in [0.29, 0.717) is 41.7 Å². The van der Waals surface area contributed by atoms with Crippen LogP contribution in [-0.2, 0) is 6.42 Å². The number of methoxy groups -OCH3 is 1. The third-order valence-electron chi connectivity index (χ3n) is 6.99. The molecule has 2 aliphatic rings. The standard InChI is InChI=1S/C24H29FN6O2/c1-32-23-12-20(21(25)13-27-23)17-4-2-15(3-5-17)14-33-24-10-18(8-9-26-24)19(16-6-7-16)11-22-28-30-31-29-22/h8-10,12-13,15-17,19H,2-7,11,14H2,1H3,(H,28,29,30,31)/t15?,17?,19-/m0/s1. The third-order valence-corrected chi connectivity index (χ3v) is 6.99. The van der Waals surface area contributed by atoms with Gasteiger partial charge in [-0.15, -0.1) is 10.2 Å². The Hall–Kier alpha value is -3.10. The molecule has 2 saturated carbocycles. The lowest BCUT2D eigenvalue weighted by Gasteiger charge is -2.29. The lowest BCUT2D eigenvalue weighted by atomic mass is 9.79. The molecule has 3 aromatic rings. The van der Waals surface area contributed by atoms with Crippen LogP contribution in [0, 0.1) is 17.7 Å². The Bertz CT molecular complexity index is 1050. The Morgan fingerprint density at radius 2 is 1.94 bits per heavy atom. The lowest BCUT2D eigenvalue weighted by molar-refractivity contribution is 0.193. The molecule has 0 aromatic carbocycles. The predicted octanol–water partition coefficient (Wildman–Crippen LogP) is 4.23. The Morgan fingerprint density at radius 3 is 2.67 bits per heavy atom. The summed E-state index contributed by atoms with van der Waals surface area (Å²) in [5.41, 5.74) is 1.93. The maximum atomic E-state index is 14.3. The van der Waals surface area contributed by atoms with E-state index in [1.807, 2.05) is 6.20 Å². The maximum absolute atomic E-state index is 14.3. The minimum atomic E-state index is -0.248. The quantitative estimate of drug-likeness (QED) is 0.519. The van der Waals surface area contributed by atoms with E-state index >= 15 is 0 Å². The Labute approximate surface area is 192 Å². The van der Waals surface area contributed by atoms with E-state index in [1.54, 1.807) is 13.2 Å². The molecular weight excluding hydrogens is 423 g/mol. The number of aromatic nitrogens is 6. The van der Waals surface area contributed by atoms with Crippen molar-refractivity contribution in [2.24, 2.45) is 11.8 Å². The van der Waals surface area contributed by atoms with Gasteiger partial charge in [-0.05, 0) is 79.4 Å². The summed E-state index contributed by atoms with van der Waals surface area (Å²) in [5, 5.41) is 14.5. The zero-order valence-corrected chi connectivity index (χ0v) is 18.8. The third kappa shape index (κ3) is 5.29. The van der Waals surface area contributed by atoms with E-state index in [1.165, 1.54) is 24.6 Å². The molecule has 0 amide bonds. The number of hydrogen-bond acceptors (Lipinski definition) is 7. The molecule has 0 bridgehead atoms. The summed E-state index contributed by atoms with van der Waals surface area (Å²) in [6, 6.07) is 5.86. The van der Waals surface area contributed by atoms with E-state index in [-0.39, 0.29) is 11.7 Å². The number of nitrogens with one attached hydrogen (secondary N) is 1. The van der Waals surface area contributed by atoms with E-state index in [0.717, 1.165) is 37.9 Å². The predicted molar refractivity (Wildman–Crippen MR) is 119 cm³/mol. The molecule has 1 atom stereocenters. The highest BCUT2D eigenvalue weighted by atomic mass is 19.1. The van der Waals surface area contributed by atoms with E-state index in [2.05, 4.69) is 42.7 Å². The van der Waals surface area contributed by atoms with E-state index in [4.69, 9.17) is 9.47 Å². The smallest absolute Gasteiger partial charge is 0.213 e. The van der Waals surface area contributed by atoms with Gasteiger partial charge in [0.25, 0.3) is 0 Å². The van der Waals surface area contributed by atoms with Crippen molar-refractivity contribution >= 4 is 0 Å². The van der Waals surface area contributed by atoms with Crippen LogP contribution in [0.25, 0.3) is 0 Å². The van der Waals surface area contributed by atoms with Gasteiger partial charge in [0.05, 0.1) is 19.9 Å². The maximum Gasteiger partial charge on any atom is 0.213 e. The number of aromatic amines is 1. The molecule has 33 heavy (non-hydrogen) atoms. The fourth-order valence-corrected chi connectivity index (χ4v) is 4.96. The molecule has 0 aliphatic heterocycles. The zero-order chi connectivity index (χ0) is 22.6. The Morgan fingerprint density at radius 1 is 1.09 bits per heavy atom. The molecule has 0 unspecified atom stereocenters. The van der Waals surface area contributed by atoms with Crippen molar-refractivity contribution in [3.63, 3.8) is 0 Å². The van der Waals surface area contributed by atoms with Crippen LogP contribution in [0.15, 0.2) is 30.6 Å². The van der Waals surface area contributed by atoms with Crippen molar-refractivity contribution in [1.82, 2.24) is 30.6 Å². The van der Waals surface area contributed by atoms with Crippen LogP contribution < -0.4 is 9.47 Å². The second-order valence-corrected chi connectivity index (χ2v) is 9.18. The van der Waals surface area contributed by atoms with Crippen molar-refractivity contribution in [3.05, 3.63) is 53.4 Å². The van der Waals surface area contributed by atoms with Crippen LogP contribution in [0.1, 0.15) is 67.3 Å². The van der Waals surface area contributed by atoms with Gasteiger partial charge in [-0.3, -0.25) is 0 Å². The molecule has 2 aliphatic carbocycles. The molecule has 5 rings (SSSR count). The lowest BCUT2D eigenvalue weighted by Crippen LogP contribution is -2.20. The average Bonchev–Trinajstić information content (AvgIpc) is 3.57. The normalized spacial score (nSPS) is 21.5. The van der Waals surface area contributed by atoms with E-state index < -0.39 is 0 Å². The van der Waals surface area contributed by atoms with Gasteiger partial charge in [-0.1, -0.05) is 5.21 Å². The van der Waals surface area contributed by atoms with Gasteiger partial charge in [-0.25, -0.2) is 14.4 Å². The van der Waals surface area contributed by atoms with Gasteiger partial charge in [0, 0.05) is 24.8 Å². The largest absolute Gasteiger partial charge is 0.481 e. The number of pyridine rings is 2. The second-order valence-electron chi connectivity index (χ2n) is 9.18. The molecule has 3 heterocycles. The zero-order valence-electron chi connectivity index (χ0n) is 18.8. The van der Waals surface area contributed by atoms with Crippen LogP contribution >= 0.6 is 0 Å². The van der Waals surface area contributed by atoms with Crippen LogP contribution in [-0.4, -0.2) is 44.3 Å². The molecule has 0 radical (unpaired) electrons. The van der Waals surface area contributed by atoms with Crippen molar-refractivity contribution in [2.45, 2.75) is 56.8 Å². The topological polar surface area (TPSA) is 98.7 Å². The minimum Gasteiger partial charge on any atom is -0.481 e. The Kier molecular flexibility index (Phi) is 6.46. The summed E-state index contributed by atoms with van der Waals surface area (Å²) in [6.07, 6.45) is 10.2. The monoisotopic (exact) mass is 452 g/mol. The SMILES string of the molecule is COc1cc(C2CCC(COc3cc([C@@H](Cc4nn[nH]n4)C4CC4)ccn3)CC2)c(F)cn1. The fraction of sp³-hybridized carbons (Fsp3) is 0.542. The first-order valence-corrected chi connectivity index (χ1v) is 11.7. The van der Waals surface area contributed by atoms with Gasteiger partial charge in [-0.2, -0.15) is 5.21 Å². The first-order valence-electron chi connectivity index (χ1n) is 11.7. The van der Waals surface area contributed by atoms with Crippen molar-refractivity contribution < 1.29 is 13.9 Å². The van der Waals surface area contributed by atoms with Crippen LogP contribution in [0.2, 0.25) is 0 Å². The van der Waals surface area contributed by atoms with Crippen molar-refractivity contribution in [3.8, 4) is 11.8 Å². The first-order chi connectivity index (χ1) is 16.2. The van der Waals surface area contributed by atoms with Gasteiger partial charge < -0.3 is 9.47 Å². The number of nitrogens with zero attached hydrogens (tertiary/aromatic N) is 5. The molecule has 0 spiro atoms. The number of hydrogen-bond donors (Lipinski definition) is 1. The molecule has 9 heteroatoms. The summed E-state index contributed by atoms with van der Waals surface area (Å²) in [7, 11) is 1.55. The van der Waals surface area contributed by atoms with Crippen molar-refractivity contribution in [2.75, 3.05) is 13.7 Å². The number of tetrazole rings is 1. The number of halogens is 1. The number of ether oxygens (including phenoxy) is 2. The molecule has 3 aromatic heterocycles. The number of rotatable bonds is 9. The average molecular weight is 453 g/mol. The summed E-state index contributed by atoms with van der Waals surface area (Å²) in [6.45, 7) is 0.629. The molecule has 8 nitrogen and oxygen atoms in total. The van der Waals surface area contributed by atoms with Gasteiger partial charge in [0.15, 0.2) is 5.82 Å². The second kappa shape index (κ2) is 9.80. The van der Waals surface area contributed by atoms with Gasteiger partial charge in [0.1, 0.15) is 5.82 Å². The molecule has 174 valence electrons. The first kappa shape index (κ1) is 21.7. The van der Waals surface area contributed by atoms with Gasteiger partial charge in [0.2, 0.25) is 11.8 Å². The molecule has 1 N–H and O–H groups in total. The minimum absolute atomic E-state index is 0.198. The molecule has 0 saturated heterocycles. The fourth-order valence-electron chi connectivity index (χ4n) is 4.96. The molecule has 2 fully saturated rings. The van der Waals surface area contributed by atoms with Gasteiger partial charge >= 0.3 is 0 Å². The van der Waals surface area contributed by atoms with Crippen molar-refractivity contribution in [1.29, 1.82) is 0 Å². The summed E-state index contributed by atoms with van der Waals surface area (Å²) in [5.74, 6) is 3.27. The highest BCUT2D eigenvalue weighted by Crippen LogP contribution is 2.44. The Balaban J connectivity index is 1.16. The molecular formula is C24H29FN6O2. The van der Waals surface area contributed by atoms with E-state index in [9.17, 15) is 4.39 Å².